The van der Waals surface area contributed by atoms with Gasteiger partial charge in [0.25, 0.3) is 0 Å². The number of benzene rings is 1. The fraction of sp³-hybridized carbons (Fsp3) is 0.467. The summed E-state index contributed by atoms with van der Waals surface area (Å²) in [6.45, 7) is 6.13. The number of hydrogen-bond donors (Lipinski definition) is 1. The van der Waals surface area contributed by atoms with Gasteiger partial charge in [-0.05, 0) is 55.5 Å². The van der Waals surface area contributed by atoms with Crippen LogP contribution in [0.3, 0.4) is 0 Å². The molecule has 1 aromatic heterocycles. The van der Waals surface area contributed by atoms with Crippen LogP contribution in [0.2, 0.25) is 0 Å². The smallest absolute Gasteiger partial charge is 0.104 e. The van der Waals surface area contributed by atoms with E-state index in [-0.39, 0.29) is 6.10 Å². The minimum absolute atomic E-state index is 0.233. The van der Waals surface area contributed by atoms with Gasteiger partial charge in [-0.1, -0.05) is 6.07 Å². The van der Waals surface area contributed by atoms with E-state index in [1.807, 2.05) is 18.4 Å². The molecule has 1 unspecified atom stereocenters. The van der Waals surface area contributed by atoms with Crippen molar-refractivity contribution in [1.29, 1.82) is 0 Å². The molecule has 1 aliphatic rings. The van der Waals surface area contributed by atoms with Crippen molar-refractivity contribution >= 4 is 21.4 Å². The predicted octanol–water partition coefficient (Wildman–Crippen LogP) is 3.35. The van der Waals surface area contributed by atoms with Crippen molar-refractivity contribution in [3.8, 4) is 0 Å². The molecule has 1 N–H and O–H groups in total. The van der Waals surface area contributed by atoms with E-state index in [4.69, 9.17) is 4.74 Å². The Labute approximate surface area is 112 Å². The van der Waals surface area contributed by atoms with E-state index < -0.39 is 0 Å². The highest BCUT2D eigenvalue weighted by atomic mass is 32.1. The van der Waals surface area contributed by atoms with E-state index in [2.05, 4.69) is 31.3 Å². The third-order valence-corrected chi connectivity index (χ3v) is 5.08. The summed E-state index contributed by atoms with van der Waals surface area (Å²) in [6, 6.07) is 4.67. The summed E-state index contributed by atoms with van der Waals surface area (Å²) in [5.41, 5.74) is 4.29. The summed E-state index contributed by atoms with van der Waals surface area (Å²) in [5.74, 6) is 0. The van der Waals surface area contributed by atoms with E-state index in [9.17, 15) is 0 Å². The standard InChI is InChI=1S/C15H19NOS/c1-9-6-12-11-4-5-17-13(8-16-3)15(11)18-14(12)7-10(9)2/h6-7,13,16H,4-5,8H2,1-3H3. The van der Waals surface area contributed by atoms with Crippen LogP contribution in [-0.2, 0) is 11.2 Å². The number of rotatable bonds is 2. The first-order valence-corrected chi connectivity index (χ1v) is 7.31. The van der Waals surface area contributed by atoms with E-state index in [1.165, 1.54) is 31.7 Å². The van der Waals surface area contributed by atoms with Crippen LogP contribution < -0.4 is 5.32 Å². The molecule has 0 aliphatic carbocycles. The molecular weight excluding hydrogens is 242 g/mol. The second-order valence-corrected chi connectivity index (χ2v) is 6.13. The highest BCUT2D eigenvalue weighted by molar-refractivity contribution is 7.19. The molecule has 0 saturated carbocycles. The Bertz CT molecular complexity index is 588. The van der Waals surface area contributed by atoms with Gasteiger partial charge in [0.2, 0.25) is 0 Å². The molecule has 2 heterocycles. The lowest BCUT2D eigenvalue weighted by Gasteiger charge is -2.23. The zero-order chi connectivity index (χ0) is 12.7. The molecule has 3 rings (SSSR count). The summed E-state index contributed by atoms with van der Waals surface area (Å²) < 4.78 is 7.29. The fourth-order valence-corrected chi connectivity index (χ4v) is 4.04. The van der Waals surface area contributed by atoms with E-state index in [1.54, 1.807) is 0 Å². The molecule has 0 radical (unpaired) electrons. The molecule has 0 bridgehead atoms. The van der Waals surface area contributed by atoms with Crippen LogP contribution in [0.5, 0.6) is 0 Å². The molecule has 2 aromatic rings. The van der Waals surface area contributed by atoms with E-state index in [0.717, 1.165) is 19.6 Å². The van der Waals surface area contributed by atoms with Crippen molar-refractivity contribution in [2.45, 2.75) is 26.4 Å². The van der Waals surface area contributed by atoms with Crippen molar-refractivity contribution in [3.05, 3.63) is 33.7 Å². The third kappa shape index (κ3) is 1.87. The van der Waals surface area contributed by atoms with Crippen molar-refractivity contribution in [2.24, 2.45) is 0 Å². The van der Waals surface area contributed by atoms with Crippen molar-refractivity contribution in [1.82, 2.24) is 5.32 Å². The Kier molecular flexibility index (Phi) is 3.14. The van der Waals surface area contributed by atoms with E-state index in [0.29, 0.717) is 0 Å². The Hall–Kier alpha value is -0.900. The van der Waals surface area contributed by atoms with Crippen LogP contribution in [0, 0.1) is 13.8 Å². The summed E-state index contributed by atoms with van der Waals surface area (Å²) in [6.07, 6.45) is 1.29. The second kappa shape index (κ2) is 4.65. The van der Waals surface area contributed by atoms with Gasteiger partial charge in [0.1, 0.15) is 6.10 Å². The van der Waals surface area contributed by atoms with Gasteiger partial charge in [0.05, 0.1) is 6.61 Å². The van der Waals surface area contributed by atoms with Crippen molar-refractivity contribution in [3.63, 3.8) is 0 Å². The Morgan fingerprint density at radius 2 is 2.11 bits per heavy atom. The molecule has 0 spiro atoms. The van der Waals surface area contributed by atoms with Gasteiger partial charge in [-0.15, -0.1) is 11.3 Å². The SMILES string of the molecule is CNCC1OCCc2c1sc1cc(C)c(C)cc21. The average Bonchev–Trinajstić information content (AvgIpc) is 2.70. The molecular formula is C15H19NOS. The van der Waals surface area contributed by atoms with Crippen LogP contribution in [0.1, 0.15) is 27.7 Å². The predicted molar refractivity (Wildman–Crippen MR) is 77.6 cm³/mol. The second-order valence-electron chi connectivity index (χ2n) is 5.04. The zero-order valence-corrected chi connectivity index (χ0v) is 12.0. The molecule has 1 aromatic carbocycles. The minimum atomic E-state index is 0.233. The molecule has 18 heavy (non-hydrogen) atoms. The van der Waals surface area contributed by atoms with E-state index >= 15 is 0 Å². The van der Waals surface area contributed by atoms with Crippen molar-refractivity contribution in [2.75, 3.05) is 20.2 Å². The van der Waals surface area contributed by atoms with Gasteiger partial charge < -0.3 is 10.1 Å². The number of aryl methyl sites for hydroxylation is 2. The maximum absolute atomic E-state index is 5.88. The molecule has 96 valence electrons. The first kappa shape index (κ1) is 12.2. The Morgan fingerprint density at radius 3 is 2.89 bits per heavy atom. The first-order chi connectivity index (χ1) is 8.70. The maximum Gasteiger partial charge on any atom is 0.104 e. The topological polar surface area (TPSA) is 21.3 Å². The summed E-state index contributed by atoms with van der Waals surface area (Å²) >= 11 is 1.91. The molecule has 0 amide bonds. The quantitative estimate of drug-likeness (QED) is 0.895. The average molecular weight is 261 g/mol. The first-order valence-electron chi connectivity index (χ1n) is 6.49. The highest BCUT2D eigenvalue weighted by Crippen LogP contribution is 2.40. The van der Waals surface area contributed by atoms with Crippen LogP contribution >= 0.6 is 11.3 Å². The van der Waals surface area contributed by atoms with Gasteiger partial charge in [0.15, 0.2) is 0 Å². The van der Waals surface area contributed by atoms with Crippen LogP contribution in [-0.4, -0.2) is 20.2 Å². The summed E-state index contributed by atoms with van der Waals surface area (Å²) in [4.78, 5) is 1.43. The van der Waals surface area contributed by atoms with Gasteiger partial charge in [-0.3, -0.25) is 0 Å². The fourth-order valence-electron chi connectivity index (χ4n) is 2.66. The third-order valence-electron chi connectivity index (χ3n) is 3.79. The van der Waals surface area contributed by atoms with Gasteiger partial charge in [0, 0.05) is 16.1 Å². The number of thiophene rings is 1. The van der Waals surface area contributed by atoms with Gasteiger partial charge in [-0.25, -0.2) is 0 Å². The zero-order valence-electron chi connectivity index (χ0n) is 11.2. The molecule has 2 nitrogen and oxygen atoms in total. The molecule has 1 atom stereocenters. The summed E-state index contributed by atoms with van der Waals surface area (Å²) in [5, 5.41) is 4.67. The van der Waals surface area contributed by atoms with Gasteiger partial charge >= 0.3 is 0 Å². The normalized spacial score (nSPS) is 19.2. The van der Waals surface area contributed by atoms with Crippen LogP contribution in [0.15, 0.2) is 12.1 Å². The number of ether oxygens (including phenoxy) is 1. The maximum atomic E-state index is 5.88. The number of fused-ring (bicyclic) bond motifs is 3. The van der Waals surface area contributed by atoms with Crippen LogP contribution in [0.4, 0.5) is 0 Å². The monoisotopic (exact) mass is 261 g/mol. The Morgan fingerprint density at radius 1 is 1.33 bits per heavy atom. The number of nitrogens with one attached hydrogen (secondary N) is 1. The lowest BCUT2D eigenvalue weighted by Crippen LogP contribution is -2.23. The Balaban J connectivity index is 2.17. The lowest BCUT2D eigenvalue weighted by molar-refractivity contribution is 0.0472. The lowest BCUT2D eigenvalue weighted by atomic mass is 10.00. The van der Waals surface area contributed by atoms with Crippen molar-refractivity contribution < 1.29 is 4.74 Å². The number of likely N-dealkylation sites (N-methyl/N-ethyl adjacent to an activating group) is 1. The minimum Gasteiger partial charge on any atom is -0.371 e. The highest BCUT2D eigenvalue weighted by Gasteiger charge is 2.24. The van der Waals surface area contributed by atoms with Crippen LogP contribution in [0.25, 0.3) is 10.1 Å². The van der Waals surface area contributed by atoms with Gasteiger partial charge in [-0.2, -0.15) is 0 Å². The largest absolute Gasteiger partial charge is 0.371 e. The molecule has 0 fully saturated rings. The number of hydrogen-bond acceptors (Lipinski definition) is 3. The molecule has 3 heteroatoms. The summed E-state index contributed by atoms with van der Waals surface area (Å²) in [7, 11) is 1.99. The molecule has 1 aliphatic heterocycles. The molecule has 0 saturated heterocycles.